The fourth-order valence-electron chi connectivity index (χ4n) is 2.75. The average molecular weight is 372 g/mol. The van der Waals surface area contributed by atoms with Gasteiger partial charge in [-0.1, -0.05) is 0 Å². The lowest BCUT2D eigenvalue weighted by Gasteiger charge is -2.27. The SMILES string of the molecule is O=C(NCC(O)COc1ccc(F)c(F)c1)NC1CCC(C(=O)O)CC1. The van der Waals surface area contributed by atoms with Gasteiger partial charge in [-0.25, -0.2) is 13.6 Å². The molecule has 1 aromatic rings. The summed E-state index contributed by atoms with van der Waals surface area (Å²) in [7, 11) is 0. The highest BCUT2D eigenvalue weighted by molar-refractivity contribution is 5.74. The Morgan fingerprint density at radius 1 is 1.19 bits per heavy atom. The number of hydrogen-bond donors (Lipinski definition) is 4. The molecule has 0 aromatic heterocycles. The van der Waals surface area contributed by atoms with Gasteiger partial charge in [-0.2, -0.15) is 0 Å². The molecule has 1 unspecified atom stereocenters. The number of aliphatic hydroxyl groups is 1. The van der Waals surface area contributed by atoms with Gasteiger partial charge in [0.15, 0.2) is 11.6 Å². The van der Waals surface area contributed by atoms with Crippen molar-refractivity contribution < 1.29 is 33.3 Å². The van der Waals surface area contributed by atoms with Gasteiger partial charge in [-0.05, 0) is 37.8 Å². The molecule has 2 amide bonds. The molecule has 7 nitrogen and oxygen atoms in total. The summed E-state index contributed by atoms with van der Waals surface area (Å²) in [5.41, 5.74) is 0. The van der Waals surface area contributed by atoms with E-state index in [0.29, 0.717) is 25.7 Å². The molecule has 4 N–H and O–H groups in total. The number of carboxylic acids is 1. The predicted octanol–water partition coefficient (Wildman–Crippen LogP) is 1.65. The summed E-state index contributed by atoms with van der Waals surface area (Å²) in [5.74, 6) is -3.13. The van der Waals surface area contributed by atoms with Crippen molar-refractivity contribution in [2.75, 3.05) is 13.2 Å². The number of aliphatic carboxylic acids is 1. The van der Waals surface area contributed by atoms with Gasteiger partial charge in [0, 0.05) is 18.7 Å². The summed E-state index contributed by atoms with van der Waals surface area (Å²) >= 11 is 0. The van der Waals surface area contributed by atoms with Gasteiger partial charge in [0.25, 0.3) is 0 Å². The molecule has 1 atom stereocenters. The van der Waals surface area contributed by atoms with Gasteiger partial charge in [0.05, 0.1) is 5.92 Å². The van der Waals surface area contributed by atoms with Gasteiger partial charge in [0.2, 0.25) is 0 Å². The second-order valence-electron chi connectivity index (χ2n) is 6.28. The summed E-state index contributed by atoms with van der Waals surface area (Å²) in [6.07, 6.45) is 1.19. The summed E-state index contributed by atoms with van der Waals surface area (Å²) < 4.78 is 31.0. The van der Waals surface area contributed by atoms with E-state index in [2.05, 4.69) is 10.6 Å². The Morgan fingerprint density at radius 2 is 1.88 bits per heavy atom. The lowest BCUT2D eigenvalue weighted by Crippen LogP contribution is -2.46. The number of ether oxygens (including phenoxy) is 1. The van der Waals surface area contributed by atoms with Gasteiger partial charge < -0.3 is 25.6 Å². The van der Waals surface area contributed by atoms with Gasteiger partial charge in [0.1, 0.15) is 18.5 Å². The minimum atomic E-state index is -1.05. The molecule has 1 aromatic carbocycles. The van der Waals surface area contributed by atoms with Crippen LogP contribution >= 0.6 is 0 Å². The number of rotatable bonds is 7. The Kier molecular flexibility index (Phi) is 7.14. The lowest BCUT2D eigenvalue weighted by molar-refractivity contribution is -0.142. The monoisotopic (exact) mass is 372 g/mol. The van der Waals surface area contributed by atoms with Crippen LogP contribution in [0.2, 0.25) is 0 Å². The van der Waals surface area contributed by atoms with Crippen LogP contribution in [0.4, 0.5) is 13.6 Å². The smallest absolute Gasteiger partial charge is 0.315 e. The molecular formula is C17H22F2N2O5. The number of halogens is 2. The molecule has 0 bridgehead atoms. The van der Waals surface area contributed by atoms with Crippen molar-refractivity contribution in [1.29, 1.82) is 0 Å². The van der Waals surface area contributed by atoms with Crippen molar-refractivity contribution in [3.05, 3.63) is 29.8 Å². The molecule has 0 spiro atoms. The van der Waals surface area contributed by atoms with Crippen LogP contribution in [0.5, 0.6) is 5.75 Å². The van der Waals surface area contributed by atoms with Crippen molar-refractivity contribution in [1.82, 2.24) is 10.6 Å². The normalized spacial score (nSPS) is 20.9. The maximum Gasteiger partial charge on any atom is 0.315 e. The Balaban J connectivity index is 1.64. The fourth-order valence-corrected chi connectivity index (χ4v) is 2.75. The maximum absolute atomic E-state index is 13.0. The molecule has 2 rings (SSSR count). The summed E-state index contributed by atoms with van der Waals surface area (Å²) in [6.45, 7) is -0.283. The molecule has 0 saturated heterocycles. The second-order valence-corrected chi connectivity index (χ2v) is 6.28. The first kappa shape index (κ1) is 19.9. The standard InChI is InChI=1S/C17H22F2N2O5/c18-14-6-5-13(7-15(14)19)26-9-12(22)8-20-17(25)21-11-3-1-10(2-4-11)16(23)24/h5-7,10-12,22H,1-4,8-9H2,(H,23,24)(H2,20,21,25). The molecule has 144 valence electrons. The van der Waals surface area contributed by atoms with Gasteiger partial charge >= 0.3 is 12.0 Å². The minimum Gasteiger partial charge on any atom is -0.491 e. The van der Waals surface area contributed by atoms with E-state index in [1.807, 2.05) is 0 Å². The quantitative estimate of drug-likeness (QED) is 0.582. The molecule has 1 aliphatic carbocycles. The zero-order chi connectivity index (χ0) is 19.1. The summed E-state index contributed by atoms with van der Waals surface area (Å²) in [6, 6.07) is 2.47. The molecule has 1 aliphatic rings. The Bertz CT molecular complexity index is 636. The largest absolute Gasteiger partial charge is 0.491 e. The predicted molar refractivity (Wildman–Crippen MR) is 87.8 cm³/mol. The van der Waals surface area contributed by atoms with Crippen LogP contribution in [-0.4, -0.2) is 47.5 Å². The minimum absolute atomic E-state index is 0.0718. The number of carboxylic acid groups (broad SMARTS) is 1. The maximum atomic E-state index is 13.0. The number of carbonyl (C=O) groups is 2. The second kappa shape index (κ2) is 9.33. The van der Waals surface area contributed by atoms with E-state index < -0.39 is 29.7 Å². The highest BCUT2D eigenvalue weighted by Crippen LogP contribution is 2.24. The first-order valence-corrected chi connectivity index (χ1v) is 8.38. The number of hydrogen-bond acceptors (Lipinski definition) is 4. The highest BCUT2D eigenvalue weighted by atomic mass is 19.2. The van der Waals surface area contributed by atoms with Crippen molar-refractivity contribution in [2.45, 2.75) is 37.8 Å². The third-order valence-corrected chi connectivity index (χ3v) is 4.24. The van der Waals surface area contributed by atoms with Crippen LogP contribution in [0.1, 0.15) is 25.7 Å². The fraction of sp³-hybridized carbons (Fsp3) is 0.529. The van der Waals surface area contributed by atoms with E-state index in [1.165, 1.54) is 6.07 Å². The number of urea groups is 1. The zero-order valence-corrected chi connectivity index (χ0v) is 14.1. The third-order valence-electron chi connectivity index (χ3n) is 4.24. The Hall–Kier alpha value is -2.42. The number of benzene rings is 1. The topological polar surface area (TPSA) is 108 Å². The van der Waals surface area contributed by atoms with Gasteiger partial charge in [-0.15, -0.1) is 0 Å². The average Bonchev–Trinajstić information content (AvgIpc) is 2.61. The number of aliphatic hydroxyl groups excluding tert-OH is 1. The number of amides is 2. The molecule has 9 heteroatoms. The Labute approximate surface area is 149 Å². The van der Waals surface area contributed by atoms with Crippen LogP contribution in [0.25, 0.3) is 0 Å². The Morgan fingerprint density at radius 3 is 2.50 bits per heavy atom. The van der Waals surface area contributed by atoms with Crippen LogP contribution in [0, 0.1) is 17.6 Å². The van der Waals surface area contributed by atoms with Crippen molar-refractivity contribution in [3.8, 4) is 5.75 Å². The van der Waals surface area contributed by atoms with E-state index in [1.54, 1.807) is 0 Å². The van der Waals surface area contributed by atoms with Gasteiger partial charge in [-0.3, -0.25) is 4.79 Å². The third kappa shape index (κ3) is 6.14. The van der Waals surface area contributed by atoms with Crippen molar-refractivity contribution in [2.24, 2.45) is 5.92 Å². The van der Waals surface area contributed by atoms with E-state index in [0.717, 1.165) is 12.1 Å². The molecule has 0 heterocycles. The summed E-state index contributed by atoms with van der Waals surface area (Å²) in [4.78, 5) is 22.7. The van der Waals surface area contributed by atoms with Crippen LogP contribution in [0.3, 0.4) is 0 Å². The molecule has 0 radical (unpaired) electrons. The van der Waals surface area contributed by atoms with Crippen LogP contribution < -0.4 is 15.4 Å². The molecular weight excluding hydrogens is 350 g/mol. The first-order chi connectivity index (χ1) is 12.3. The van der Waals surface area contributed by atoms with E-state index in [9.17, 15) is 23.5 Å². The molecule has 1 saturated carbocycles. The van der Waals surface area contributed by atoms with E-state index in [-0.39, 0.29) is 30.9 Å². The van der Waals surface area contributed by atoms with E-state index >= 15 is 0 Å². The highest BCUT2D eigenvalue weighted by Gasteiger charge is 2.26. The van der Waals surface area contributed by atoms with Crippen molar-refractivity contribution >= 4 is 12.0 Å². The zero-order valence-electron chi connectivity index (χ0n) is 14.1. The molecule has 0 aliphatic heterocycles. The lowest BCUT2D eigenvalue weighted by atomic mass is 9.86. The van der Waals surface area contributed by atoms with Crippen molar-refractivity contribution in [3.63, 3.8) is 0 Å². The number of carbonyl (C=O) groups excluding carboxylic acids is 1. The number of nitrogens with one attached hydrogen (secondary N) is 2. The van der Waals surface area contributed by atoms with Crippen LogP contribution in [-0.2, 0) is 4.79 Å². The van der Waals surface area contributed by atoms with E-state index in [4.69, 9.17) is 9.84 Å². The molecule has 1 fully saturated rings. The van der Waals surface area contributed by atoms with Crippen LogP contribution in [0.15, 0.2) is 18.2 Å². The molecule has 26 heavy (non-hydrogen) atoms. The summed E-state index contributed by atoms with van der Waals surface area (Å²) in [5, 5.41) is 23.9. The first-order valence-electron chi connectivity index (χ1n) is 8.38.